The summed E-state index contributed by atoms with van der Waals surface area (Å²) in [5, 5.41) is 0. The predicted octanol–water partition coefficient (Wildman–Crippen LogP) is 2.97. The van der Waals surface area contributed by atoms with Crippen LogP contribution in [-0.2, 0) is 22.5 Å². The molecule has 0 bridgehead atoms. The number of nitrogens with two attached hydrogens (primary N) is 1. The third kappa shape index (κ3) is 2.48. The summed E-state index contributed by atoms with van der Waals surface area (Å²) in [4.78, 5) is 15.8. The van der Waals surface area contributed by atoms with E-state index < -0.39 is 0 Å². The van der Waals surface area contributed by atoms with Gasteiger partial charge in [-0.2, -0.15) is 0 Å². The van der Waals surface area contributed by atoms with Crippen LogP contribution in [0.2, 0.25) is 0 Å². The van der Waals surface area contributed by atoms with Crippen molar-refractivity contribution in [3.05, 3.63) is 23.5 Å². The lowest BCUT2D eigenvalue weighted by atomic mass is 10.1. The number of nitrogens with zero attached hydrogens (tertiary/aromatic N) is 2. The fourth-order valence-corrected chi connectivity index (χ4v) is 3.00. The first kappa shape index (κ1) is 13.9. The second-order valence-electron chi connectivity index (χ2n) is 5.65. The number of ether oxygens (including phenoxy) is 1. The van der Waals surface area contributed by atoms with Crippen LogP contribution in [0.5, 0.6) is 0 Å². The van der Waals surface area contributed by atoms with Gasteiger partial charge in [0.2, 0.25) is 0 Å². The standard InChI is InChI=1S/C16H21N3O2/c1-3-4-5-11-8-14-13(9-12(11)17)18-16-15(21-10(2)20)6-7-19(14)16/h8-9,15H,3-7,17H2,1-2H3. The summed E-state index contributed by atoms with van der Waals surface area (Å²) >= 11 is 0. The maximum Gasteiger partial charge on any atom is 0.303 e. The Morgan fingerprint density at radius 2 is 2.33 bits per heavy atom. The highest BCUT2D eigenvalue weighted by molar-refractivity contribution is 5.82. The number of carbonyl (C=O) groups is 1. The molecule has 21 heavy (non-hydrogen) atoms. The second-order valence-corrected chi connectivity index (χ2v) is 5.65. The summed E-state index contributed by atoms with van der Waals surface area (Å²) in [5.74, 6) is 0.580. The van der Waals surface area contributed by atoms with Crippen molar-refractivity contribution in [2.75, 3.05) is 5.73 Å². The van der Waals surface area contributed by atoms with Crippen molar-refractivity contribution in [2.24, 2.45) is 0 Å². The summed E-state index contributed by atoms with van der Waals surface area (Å²) in [5.41, 5.74) is 10.1. The van der Waals surface area contributed by atoms with Crippen LogP contribution in [0.25, 0.3) is 11.0 Å². The van der Waals surface area contributed by atoms with Crippen LogP contribution in [0.4, 0.5) is 5.69 Å². The highest BCUT2D eigenvalue weighted by atomic mass is 16.5. The van der Waals surface area contributed by atoms with E-state index in [0.29, 0.717) is 0 Å². The van der Waals surface area contributed by atoms with E-state index in [1.165, 1.54) is 12.5 Å². The Morgan fingerprint density at radius 3 is 3.05 bits per heavy atom. The molecular weight excluding hydrogens is 266 g/mol. The maximum absolute atomic E-state index is 11.2. The zero-order valence-electron chi connectivity index (χ0n) is 12.6. The van der Waals surface area contributed by atoms with E-state index in [-0.39, 0.29) is 12.1 Å². The van der Waals surface area contributed by atoms with E-state index in [1.807, 2.05) is 6.07 Å². The van der Waals surface area contributed by atoms with Crippen LogP contribution >= 0.6 is 0 Å². The molecule has 5 nitrogen and oxygen atoms in total. The van der Waals surface area contributed by atoms with Crippen molar-refractivity contribution in [3.63, 3.8) is 0 Å². The van der Waals surface area contributed by atoms with E-state index in [4.69, 9.17) is 10.5 Å². The fourth-order valence-electron chi connectivity index (χ4n) is 3.00. The number of nitrogen functional groups attached to an aromatic ring is 1. The van der Waals surface area contributed by atoms with Gasteiger partial charge < -0.3 is 15.0 Å². The van der Waals surface area contributed by atoms with Gasteiger partial charge in [0.25, 0.3) is 0 Å². The Hall–Kier alpha value is -2.04. The first-order valence-corrected chi connectivity index (χ1v) is 7.56. The van der Waals surface area contributed by atoms with Gasteiger partial charge in [-0.05, 0) is 30.5 Å². The van der Waals surface area contributed by atoms with Gasteiger partial charge in [-0.15, -0.1) is 0 Å². The summed E-state index contributed by atoms with van der Waals surface area (Å²) in [6.45, 7) is 4.45. The van der Waals surface area contributed by atoms with Gasteiger partial charge in [0.15, 0.2) is 11.9 Å². The van der Waals surface area contributed by atoms with E-state index >= 15 is 0 Å². The summed E-state index contributed by atoms with van der Waals surface area (Å²) in [6, 6.07) is 4.09. The Kier molecular flexibility index (Phi) is 3.57. The number of aryl methyl sites for hydroxylation is 2. The number of benzene rings is 1. The highest BCUT2D eigenvalue weighted by Gasteiger charge is 2.29. The molecule has 1 unspecified atom stereocenters. The van der Waals surface area contributed by atoms with E-state index in [1.54, 1.807) is 0 Å². The zero-order chi connectivity index (χ0) is 15.0. The van der Waals surface area contributed by atoms with Crippen molar-refractivity contribution in [3.8, 4) is 0 Å². The molecule has 3 rings (SSSR count). The number of imidazole rings is 1. The number of carbonyl (C=O) groups excluding carboxylic acids is 1. The van der Waals surface area contributed by atoms with Crippen molar-refractivity contribution in [2.45, 2.75) is 52.2 Å². The molecule has 0 saturated carbocycles. The largest absolute Gasteiger partial charge is 0.454 e. The molecule has 1 aliphatic heterocycles. The van der Waals surface area contributed by atoms with Gasteiger partial charge in [0, 0.05) is 25.6 Å². The van der Waals surface area contributed by atoms with Gasteiger partial charge in [-0.3, -0.25) is 4.79 Å². The average molecular weight is 287 g/mol. The van der Waals surface area contributed by atoms with Gasteiger partial charge in [-0.25, -0.2) is 4.98 Å². The van der Waals surface area contributed by atoms with Crippen molar-refractivity contribution in [1.29, 1.82) is 0 Å². The average Bonchev–Trinajstić information content (AvgIpc) is 2.96. The van der Waals surface area contributed by atoms with Crippen LogP contribution in [-0.4, -0.2) is 15.5 Å². The molecule has 2 N–H and O–H groups in total. The second kappa shape index (κ2) is 5.39. The van der Waals surface area contributed by atoms with Crippen LogP contribution in [0.3, 0.4) is 0 Å². The minimum atomic E-state index is -0.261. The predicted molar refractivity (Wildman–Crippen MR) is 81.9 cm³/mol. The first-order valence-electron chi connectivity index (χ1n) is 7.56. The molecule has 1 aromatic carbocycles. The minimum Gasteiger partial charge on any atom is -0.454 e. The van der Waals surface area contributed by atoms with Gasteiger partial charge in [-0.1, -0.05) is 13.3 Å². The molecule has 1 aliphatic rings. The summed E-state index contributed by atoms with van der Waals surface area (Å²) in [6.07, 6.45) is 3.84. The minimum absolute atomic E-state index is 0.227. The maximum atomic E-state index is 11.2. The van der Waals surface area contributed by atoms with E-state index in [9.17, 15) is 4.79 Å². The first-order chi connectivity index (χ1) is 10.1. The highest BCUT2D eigenvalue weighted by Crippen LogP contribution is 2.34. The van der Waals surface area contributed by atoms with Crippen LogP contribution in [0, 0.1) is 0 Å². The third-order valence-corrected chi connectivity index (χ3v) is 4.05. The summed E-state index contributed by atoms with van der Waals surface area (Å²) in [7, 11) is 0. The quantitative estimate of drug-likeness (QED) is 0.693. The zero-order valence-corrected chi connectivity index (χ0v) is 12.6. The van der Waals surface area contributed by atoms with Crippen LogP contribution in [0.1, 0.15) is 50.6 Å². The Labute approximate surface area is 124 Å². The SMILES string of the molecule is CCCCc1cc2c(cc1N)nc1n2CCC1OC(C)=O. The van der Waals surface area contributed by atoms with Gasteiger partial charge in [0.1, 0.15) is 0 Å². The Balaban J connectivity index is 2.01. The topological polar surface area (TPSA) is 70.1 Å². The molecule has 1 atom stereocenters. The molecule has 0 spiro atoms. The number of hydrogen-bond donors (Lipinski definition) is 1. The summed E-state index contributed by atoms with van der Waals surface area (Å²) < 4.78 is 7.49. The van der Waals surface area contributed by atoms with E-state index in [2.05, 4.69) is 22.5 Å². The molecule has 1 aromatic heterocycles. The normalized spacial score (nSPS) is 17.1. The number of rotatable bonds is 4. The molecule has 112 valence electrons. The molecule has 0 aliphatic carbocycles. The van der Waals surface area contributed by atoms with Crippen molar-refractivity contribution >= 4 is 22.7 Å². The molecular formula is C16H21N3O2. The number of hydrogen-bond acceptors (Lipinski definition) is 4. The number of aromatic nitrogens is 2. The number of anilines is 1. The monoisotopic (exact) mass is 287 g/mol. The van der Waals surface area contributed by atoms with Gasteiger partial charge >= 0.3 is 5.97 Å². The fraction of sp³-hybridized carbons (Fsp3) is 0.500. The molecule has 0 amide bonds. The van der Waals surface area contributed by atoms with Crippen molar-refractivity contribution in [1.82, 2.24) is 9.55 Å². The lowest BCUT2D eigenvalue weighted by Gasteiger charge is -2.07. The van der Waals surface area contributed by atoms with Crippen LogP contribution < -0.4 is 5.73 Å². The third-order valence-electron chi connectivity index (χ3n) is 4.05. The van der Waals surface area contributed by atoms with Gasteiger partial charge in [0.05, 0.1) is 11.0 Å². The van der Waals surface area contributed by atoms with Crippen molar-refractivity contribution < 1.29 is 9.53 Å². The lowest BCUT2D eigenvalue weighted by Crippen LogP contribution is -2.06. The van der Waals surface area contributed by atoms with Crippen LogP contribution in [0.15, 0.2) is 12.1 Å². The molecule has 2 heterocycles. The molecule has 0 fully saturated rings. The smallest absolute Gasteiger partial charge is 0.303 e. The number of esters is 1. The molecule has 5 heteroatoms. The number of unbranched alkanes of at least 4 members (excludes halogenated alkanes) is 1. The Morgan fingerprint density at radius 1 is 1.52 bits per heavy atom. The van der Waals surface area contributed by atoms with E-state index in [0.717, 1.165) is 54.8 Å². The number of fused-ring (bicyclic) bond motifs is 3. The Bertz CT molecular complexity index is 690. The molecule has 0 radical (unpaired) electrons. The molecule has 2 aromatic rings. The lowest BCUT2D eigenvalue weighted by molar-refractivity contribution is -0.146. The molecule has 0 saturated heterocycles.